The Morgan fingerprint density at radius 1 is 0.750 bits per heavy atom. The second-order valence-corrected chi connectivity index (χ2v) is 11.9. The van der Waals surface area contributed by atoms with Gasteiger partial charge in [-0.2, -0.15) is 13.2 Å². The lowest BCUT2D eigenvalue weighted by Gasteiger charge is -2.38. The topological polar surface area (TPSA) is 117 Å². The first-order valence-electron chi connectivity index (χ1n) is 15.4. The summed E-state index contributed by atoms with van der Waals surface area (Å²) in [5.41, 5.74) is 0.413. The average molecular weight is 655 g/mol. The number of nitrogens with zero attached hydrogens (tertiary/aromatic N) is 4. The Morgan fingerprint density at radius 3 is 1.92 bits per heavy atom. The van der Waals surface area contributed by atoms with Gasteiger partial charge in [0.1, 0.15) is 0 Å². The van der Waals surface area contributed by atoms with Gasteiger partial charge in [-0.3, -0.25) is 39.6 Å². The van der Waals surface area contributed by atoms with E-state index in [1.807, 2.05) is 13.0 Å². The van der Waals surface area contributed by atoms with E-state index in [1.165, 1.54) is 18.2 Å². The van der Waals surface area contributed by atoms with Crippen LogP contribution in [0.15, 0.2) is 79.4 Å². The second kappa shape index (κ2) is 11.4. The Morgan fingerprint density at radius 2 is 1.33 bits per heavy atom. The maximum Gasteiger partial charge on any atom is 0.416 e. The van der Waals surface area contributed by atoms with Crippen LogP contribution in [0.1, 0.15) is 74.2 Å². The highest BCUT2D eigenvalue weighted by atomic mass is 19.4. The molecule has 10 nitrogen and oxygen atoms in total. The number of halogens is 3. The largest absolute Gasteiger partial charge is 0.416 e. The van der Waals surface area contributed by atoms with Gasteiger partial charge in [0.25, 0.3) is 23.6 Å². The van der Waals surface area contributed by atoms with Crippen molar-refractivity contribution >= 4 is 45.2 Å². The summed E-state index contributed by atoms with van der Waals surface area (Å²) in [4.78, 5) is 61.0. The number of rotatable bonds is 8. The van der Waals surface area contributed by atoms with Crippen LogP contribution in [0.4, 0.5) is 13.2 Å². The summed E-state index contributed by atoms with van der Waals surface area (Å²) in [6.45, 7) is 5.03. The lowest BCUT2D eigenvalue weighted by Crippen LogP contribution is -2.61. The first-order chi connectivity index (χ1) is 22.9. The number of amides is 4. The van der Waals surface area contributed by atoms with E-state index in [4.69, 9.17) is 0 Å². The van der Waals surface area contributed by atoms with Crippen LogP contribution in [0.2, 0.25) is 0 Å². The molecule has 5 aromatic rings. The Kier molecular flexibility index (Phi) is 7.40. The van der Waals surface area contributed by atoms with Crippen LogP contribution < -0.4 is 10.6 Å². The number of alkyl halides is 3. The summed E-state index contributed by atoms with van der Waals surface area (Å²) < 4.78 is 42.9. The molecule has 3 unspecified atom stereocenters. The molecule has 2 N–H and O–H groups in total. The van der Waals surface area contributed by atoms with Gasteiger partial charge in [0.15, 0.2) is 0 Å². The summed E-state index contributed by atoms with van der Waals surface area (Å²) in [6.07, 6.45) is -1.68. The van der Waals surface area contributed by atoms with E-state index >= 15 is 0 Å². The molecule has 0 spiro atoms. The molecule has 0 fully saturated rings. The van der Waals surface area contributed by atoms with Gasteiger partial charge < -0.3 is 4.57 Å². The maximum absolute atomic E-state index is 13.8. The fourth-order valence-electron chi connectivity index (χ4n) is 6.74. The van der Waals surface area contributed by atoms with Crippen LogP contribution >= 0.6 is 0 Å². The number of carbonyl (C=O) groups is 4. The molecule has 13 heteroatoms. The summed E-state index contributed by atoms with van der Waals surface area (Å²) in [6, 6.07) is 14.9. The third-order valence-corrected chi connectivity index (χ3v) is 8.97. The Bertz CT molecular complexity index is 2140. The van der Waals surface area contributed by atoms with Crippen molar-refractivity contribution < 1.29 is 32.3 Å². The van der Waals surface area contributed by atoms with E-state index in [2.05, 4.69) is 15.6 Å². The molecule has 2 aliphatic rings. The lowest BCUT2D eigenvalue weighted by molar-refractivity contribution is -0.137. The van der Waals surface area contributed by atoms with Crippen molar-refractivity contribution in [3.05, 3.63) is 107 Å². The average Bonchev–Trinajstić information content (AvgIpc) is 3.60. The fraction of sp³-hybridized carbons (Fsp3) is 0.229. The summed E-state index contributed by atoms with van der Waals surface area (Å²) in [5.74, 6) is -2.49. The molecule has 1 aromatic heterocycles. The first kappa shape index (κ1) is 31.2. The Hall–Kier alpha value is -5.40. The zero-order chi connectivity index (χ0) is 34.1. The van der Waals surface area contributed by atoms with Gasteiger partial charge in [-0.1, -0.05) is 31.2 Å². The predicted molar refractivity (Wildman–Crippen MR) is 170 cm³/mol. The standard InChI is InChI=1S/C35H29F3N6O4/c1-4-28(41-19(3)44-31(45)23-9-5-7-20-15-21(35(36,37)38)16-26(29(20)23)34(44)48)40-18(2)43-32(46)24-10-6-8-22-27(42-14-13-39-17-42)12-11-25(30(22)24)33(43)47/h5-19,28,40-41H,4H2,1-3H3. The van der Waals surface area contributed by atoms with E-state index in [-0.39, 0.29) is 21.9 Å². The minimum atomic E-state index is -4.69. The highest BCUT2D eigenvalue weighted by Crippen LogP contribution is 2.38. The number of imide groups is 2. The van der Waals surface area contributed by atoms with Gasteiger partial charge in [0, 0.05) is 50.8 Å². The normalized spacial score (nSPS) is 16.6. The molecule has 3 heterocycles. The van der Waals surface area contributed by atoms with Gasteiger partial charge in [0.05, 0.1) is 36.1 Å². The van der Waals surface area contributed by atoms with Crippen molar-refractivity contribution in [2.45, 2.75) is 51.9 Å². The van der Waals surface area contributed by atoms with Crippen LogP contribution in [0.25, 0.3) is 27.2 Å². The van der Waals surface area contributed by atoms with Crippen LogP contribution in [0, 0.1) is 0 Å². The minimum Gasteiger partial charge on any atom is -0.306 e. The summed E-state index contributed by atoms with van der Waals surface area (Å²) in [5, 5.41) is 7.98. The minimum absolute atomic E-state index is 0.118. The number of imidazole rings is 1. The van der Waals surface area contributed by atoms with E-state index < -0.39 is 53.9 Å². The van der Waals surface area contributed by atoms with E-state index in [1.54, 1.807) is 61.4 Å². The maximum atomic E-state index is 13.8. The molecular formula is C35H29F3N6O4. The summed E-state index contributed by atoms with van der Waals surface area (Å²) in [7, 11) is 0. The molecule has 3 atom stereocenters. The van der Waals surface area contributed by atoms with E-state index in [0.717, 1.165) is 33.0 Å². The van der Waals surface area contributed by atoms with Crippen molar-refractivity contribution in [1.29, 1.82) is 0 Å². The van der Waals surface area contributed by atoms with Crippen LogP contribution in [-0.4, -0.2) is 61.5 Å². The monoisotopic (exact) mass is 654 g/mol. The molecule has 4 amide bonds. The molecule has 2 aliphatic heterocycles. The SMILES string of the molecule is CCC(NC(C)N1C(=O)c2cccc3cc(C(F)(F)F)cc(c23)C1=O)NC(C)N1C(=O)c2cccc3c(-n4ccnc4)ccc(c23)C1=O. The molecule has 244 valence electrons. The number of hydrogen-bond donors (Lipinski definition) is 2. The van der Waals surface area contributed by atoms with Crippen molar-refractivity contribution in [3.63, 3.8) is 0 Å². The molecule has 48 heavy (non-hydrogen) atoms. The number of carbonyl (C=O) groups excluding carboxylic acids is 4. The van der Waals surface area contributed by atoms with Gasteiger partial charge in [0.2, 0.25) is 0 Å². The predicted octanol–water partition coefficient (Wildman–Crippen LogP) is 5.70. The summed E-state index contributed by atoms with van der Waals surface area (Å²) >= 11 is 0. The number of nitrogens with one attached hydrogen (secondary N) is 2. The third-order valence-electron chi connectivity index (χ3n) is 8.97. The van der Waals surface area contributed by atoms with Crippen molar-refractivity contribution in [2.75, 3.05) is 0 Å². The number of hydrogen-bond acceptors (Lipinski definition) is 7. The van der Waals surface area contributed by atoms with Gasteiger partial charge in [-0.15, -0.1) is 0 Å². The zero-order valence-electron chi connectivity index (χ0n) is 26.0. The fourth-order valence-corrected chi connectivity index (χ4v) is 6.74. The highest BCUT2D eigenvalue weighted by Gasteiger charge is 2.41. The van der Waals surface area contributed by atoms with Crippen molar-refractivity contribution in [1.82, 2.24) is 30.0 Å². The molecule has 0 saturated heterocycles. The smallest absolute Gasteiger partial charge is 0.306 e. The molecule has 0 radical (unpaired) electrons. The Balaban J connectivity index is 1.14. The second-order valence-electron chi connectivity index (χ2n) is 11.9. The third kappa shape index (κ3) is 4.85. The van der Waals surface area contributed by atoms with Crippen LogP contribution in [-0.2, 0) is 6.18 Å². The highest BCUT2D eigenvalue weighted by molar-refractivity contribution is 6.27. The zero-order valence-corrected chi connectivity index (χ0v) is 26.0. The first-order valence-corrected chi connectivity index (χ1v) is 15.4. The van der Waals surface area contributed by atoms with Crippen molar-refractivity contribution in [3.8, 4) is 5.69 Å². The Labute approximate surface area is 272 Å². The van der Waals surface area contributed by atoms with E-state index in [9.17, 15) is 32.3 Å². The molecule has 7 rings (SSSR count). The number of benzene rings is 4. The molecule has 0 bridgehead atoms. The van der Waals surface area contributed by atoms with Crippen LogP contribution in [0.3, 0.4) is 0 Å². The molecule has 0 saturated carbocycles. The quantitative estimate of drug-likeness (QED) is 0.163. The van der Waals surface area contributed by atoms with E-state index in [0.29, 0.717) is 22.9 Å². The van der Waals surface area contributed by atoms with Gasteiger partial charge in [-0.05, 0) is 62.1 Å². The number of aromatic nitrogens is 2. The van der Waals surface area contributed by atoms with Gasteiger partial charge in [-0.25, -0.2) is 4.98 Å². The molecular weight excluding hydrogens is 625 g/mol. The lowest BCUT2D eigenvalue weighted by atomic mass is 9.91. The molecule has 0 aliphatic carbocycles. The molecule has 4 aromatic carbocycles. The van der Waals surface area contributed by atoms with Crippen LogP contribution in [0.5, 0.6) is 0 Å². The van der Waals surface area contributed by atoms with Gasteiger partial charge >= 0.3 is 6.18 Å². The van der Waals surface area contributed by atoms with Crippen molar-refractivity contribution in [2.24, 2.45) is 0 Å².